The number of aliphatic hydroxyl groups is 1. The molecular formula is C13H22N2O3S2. The van der Waals surface area contributed by atoms with E-state index in [0.29, 0.717) is 6.42 Å². The highest BCUT2D eigenvalue weighted by Crippen LogP contribution is 2.35. The molecule has 0 spiro atoms. The summed E-state index contributed by atoms with van der Waals surface area (Å²) in [7, 11) is -1.01. The molecule has 0 radical (unpaired) electrons. The first-order valence-electron chi connectivity index (χ1n) is 6.68. The zero-order chi connectivity index (χ0) is 15.1. The molecule has 114 valence electrons. The fourth-order valence-corrected chi connectivity index (χ4v) is 5.36. The third kappa shape index (κ3) is 3.15. The van der Waals surface area contributed by atoms with Crippen molar-refractivity contribution in [1.82, 2.24) is 4.98 Å². The SMILES string of the molecule is CN(c1nc(C(C)(C)C)c(CO)s1)C1CCS(=O)(=O)C1. The molecule has 2 rings (SSSR count). The van der Waals surface area contributed by atoms with Crippen LogP contribution in [0, 0.1) is 0 Å². The van der Waals surface area contributed by atoms with Gasteiger partial charge in [0, 0.05) is 18.5 Å². The summed E-state index contributed by atoms with van der Waals surface area (Å²) in [5.74, 6) is 0.453. The summed E-state index contributed by atoms with van der Waals surface area (Å²) < 4.78 is 23.2. The predicted molar refractivity (Wildman–Crippen MR) is 82.2 cm³/mol. The summed E-state index contributed by atoms with van der Waals surface area (Å²) in [5, 5.41) is 10.3. The fraction of sp³-hybridized carbons (Fsp3) is 0.769. The van der Waals surface area contributed by atoms with Gasteiger partial charge in [0.15, 0.2) is 15.0 Å². The van der Waals surface area contributed by atoms with Gasteiger partial charge >= 0.3 is 0 Å². The molecule has 1 aliphatic heterocycles. The number of anilines is 1. The van der Waals surface area contributed by atoms with Crippen molar-refractivity contribution in [3.8, 4) is 0 Å². The van der Waals surface area contributed by atoms with Crippen molar-refractivity contribution in [2.45, 2.75) is 45.3 Å². The van der Waals surface area contributed by atoms with Gasteiger partial charge in [-0.05, 0) is 6.42 Å². The Labute approximate surface area is 124 Å². The van der Waals surface area contributed by atoms with Crippen LogP contribution in [0.25, 0.3) is 0 Å². The van der Waals surface area contributed by atoms with Crippen LogP contribution in [0.15, 0.2) is 0 Å². The Morgan fingerprint density at radius 1 is 1.45 bits per heavy atom. The van der Waals surface area contributed by atoms with E-state index >= 15 is 0 Å². The summed E-state index contributed by atoms with van der Waals surface area (Å²) >= 11 is 1.45. The van der Waals surface area contributed by atoms with Crippen LogP contribution >= 0.6 is 11.3 Å². The Hall–Kier alpha value is -0.660. The van der Waals surface area contributed by atoms with Crippen molar-refractivity contribution in [1.29, 1.82) is 0 Å². The van der Waals surface area contributed by atoms with E-state index in [4.69, 9.17) is 0 Å². The smallest absolute Gasteiger partial charge is 0.185 e. The van der Waals surface area contributed by atoms with Gasteiger partial charge in [0.2, 0.25) is 0 Å². The van der Waals surface area contributed by atoms with E-state index < -0.39 is 9.84 Å². The number of nitrogens with zero attached hydrogens (tertiary/aromatic N) is 2. The first-order valence-corrected chi connectivity index (χ1v) is 9.32. The van der Waals surface area contributed by atoms with E-state index in [1.807, 2.05) is 11.9 Å². The summed E-state index contributed by atoms with van der Waals surface area (Å²) in [6, 6.07) is -0.00879. The molecule has 1 aliphatic rings. The van der Waals surface area contributed by atoms with Crippen molar-refractivity contribution in [2.24, 2.45) is 0 Å². The van der Waals surface area contributed by atoms with Crippen LogP contribution in [-0.4, -0.2) is 43.1 Å². The fourth-order valence-electron chi connectivity index (χ4n) is 2.42. The van der Waals surface area contributed by atoms with E-state index in [1.54, 1.807) is 0 Å². The monoisotopic (exact) mass is 318 g/mol. The lowest BCUT2D eigenvalue weighted by atomic mass is 9.91. The topological polar surface area (TPSA) is 70.5 Å². The quantitative estimate of drug-likeness (QED) is 0.916. The van der Waals surface area contributed by atoms with Gasteiger partial charge in [-0.1, -0.05) is 32.1 Å². The number of hydrogen-bond acceptors (Lipinski definition) is 6. The molecule has 0 amide bonds. The minimum absolute atomic E-state index is 0.00879. The molecule has 1 fully saturated rings. The molecular weight excluding hydrogens is 296 g/mol. The molecule has 1 saturated heterocycles. The molecule has 1 atom stereocenters. The number of aliphatic hydroxyl groups excluding tert-OH is 1. The van der Waals surface area contributed by atoms with Gasteiger partial charge < -0.3 is 10.0 Å². The Morgan fingerprint density at radius 3 is 2.50 bits per heavy atom. The zero-order valence-electron chi connectivity index (χ0n) is 12.4. The minimum Gasteiger partial charge on any atom is -0.391 e. The predicted octanol–water partition coefficient (Wildman–Crippen LogP) is 1.56. The second kappa shape index (κ2) is 5.27. The summed E-state index contributed by atoms with van der Waals surface area (Å²) in [6.45, 7) is 6.15. The Balaban J connectivity index is 2.27. The standard InChI is InChI=1S/C13H22N2O3S2/c1-13(2,3)11-10(7-16)19-12(14-11)15(4)9-5-6-20(17,18)8-9/h9,16H,5-8H2,1-4H3. The number of hydrogen-bond donors (Lipinski definition) is 1. The molecule has 0 saturated carbocycles. The average molecular weight is 318 g/mol. The van der Waals surface area contributed by atoms with Gasteiger partial charge in [-0.2, -0.15) is 0 Å². The highest BCUT2D eigenvalue weighted by Gasteiger charge is 2.33. The third-order valence-electron chi connectivity index (χ3n) is 3.60. The van der Waals surface area contributed by atoms with E-state index in [0.717, 1.165) is 15.7 Å². The lowest BCUT2D eigenvalue weighted by Gasteiger charge is -2.22. The molecule has 0 aromatic carbocycles. The third-order valence-corrected chi connectivity index (χ3v) is 6.48. The van der Waals surface area contributed by atoms with Crippen LogP contribution in [0.3, 0.4) is 0 Å². The summed E-state index contributed by atoms with van der Waals surface area (Å²) in [6.07, 6.45) is 0.651. The Morgan fingerprint density at radius 2 is 2.10 bits per heavy atom. The summed E-state index contributed by atoms with van der Waals surface area (Å²) in [4.78, 5) is 7.44. The van der Waals surface area contributed by atoms with E-state index in [9.17, 15) is 13.5 Å². The highest BCUT2D eigenvalue weighted by molar-refractivity contribution is 7.91. The largest absolute Gasteiger partial charge is 0.391 e. The van der Waals surface area contributed by atoms with Crippen molar-refractivity contribution >= 4 is 26.3 Å². The van der Waals surface area contributed by atoms with E-state index in [1.165, 1.54) is 11.3 Å². The van der Waals surface area contributed by atoms with Crippen LogP contribution in [0.1, 0.15) is 37.8 Å². The highest BCUT2D eigenvalue weighted by atomic mass is 32.2. The molecule has 1 unspecified atom stereocenters. The molecule has 7 heteroatoms. The molecule has 1 N–H and O–H groups in total. The lowest BCUT2D eigenvalue weighted by Crippen LogP contribution is -2.32. The van der Waals surface area contributed by atoms with Gasteiger partial charge in [-0.15, -0.1) is 0 Å². The van der Waals surface area contributed by atoms with E-state index in [2.05, 4.69) is 25.8 Å². The van der Waals surface area contributed by atoms with Crippen molar-refractivity contribution in [3.63, 3.8) is 0 Å². The number of rotatable bonds is 3. The van der Waals surface area contributed by atoms with Gasteiger partial charge in [-0.25, -0.2) is 13.4 Å². The maximum absolute atomic E-state index is 11.6. The Bertz CT molecular complexity index is 587. The molecule has 1 aromatic heterocycles. The van der Waals surface area contributed by atoms with Crippen molar-refractivity contribution in [2.75, 3.05) is 23.5 Å². The maximum atomic E-state index is 11.6. The van der Waals surface area contributed by atoms with Gasteiger partial charge in [0.1, 0.15) is 0 Å². The molecule has 20 heavy (non-hydrogen) atoms. The molecule has 0 aliphatic carbocycles. The second-order valence-electron chi connectivity index (χ2n) is 6.34. The first-order chi connectivity index (χ1) is 9.14. The second-order valence-corrected chi connectivity index (χ2v) is 9.63. The molecule has 0 bridgehead atoms. The number of sulfone groups is 1. The zero-order valence-corrected chi connectivity index (χ0v) is 14.0. The number of thiazole rings is 1. The molecule has 5 nitrogen and oxygen atoms in total. The van der Waals surface area contributed by atoms with Gasteiger partial charge in [0.05, 0.1) is 28.7 Å². The van der Waals surface area contributed by atoms with Crippen LogP contribution in [0.2, 0.25) is 0 Å². The minimum atomic E-state index is -2.90. The molecule has 2 heterocycles. The first kappa shape index (κ1) is 15.7. The van der Waals surface area contributed by atoms with Crippen LogP contribution < -0.4 is 4.90 Å². The van der Waals surface area contributed by atoms with Crippen molar-refractivity contribution < 1.29 is 13.5 Å². The Kier molecular flexibility index (Phi) is 4.15. The van der Waals surface area contributed by atoms with Gasteiger partial charge in [-0.3, -0.25) is 0 Å². The summed E-state index contributed by atoms with van der Waals surface area (Å²) in [5.41, 5.74) is 0.766. The average Bonchev–Trinajstić information content (AvgIpc) is 2.90. The number of aromatic nitrogens is 1. The van der Waals surface area contributed by atoms with E-state index in [-0.39, 0.29) is 29.6 Å². The van der Waals surface area contributed by atoms with Gasteiger partial charge in [0.25, 0.3) is 0 Å². The molecule has 1 aromatic rings. The van der Waals surface area contributed by atoms with Crippen molar-refractivity contribution in [3.05, 3.63) is 10.6 Å². The van der Waals surface area contributed by atoms with Crippen LogP contribution in [0.5, 0.6) is 0 Å². The maximum Gasteiger partial charge on any atom is 0.185 e. The lowest BCUT2D eigenvalue weighted by molar-refractivity contribution is 0.282. The van der Waals surface area contributed by atoms with Crippen LogP contribution in [-0.2, 0) is 21.9 Å². The van der Waals surface area contributed by atoms with Crippen LogP contribution in [0.4, 0.5) is 5.13 Å². The normalized spacial score (nSPS) is 22.1.